The number of aryl methyl sites for hydroxylation is 2. The van der Waals surface area contributed by atoms with E-state index in [0.29, 0.717) is 25.3 Å². The fourth-order valence-electron chi connectivity index (χ4n) is 3.46. The van der Waals surface area contributed by atoms with Crippen molar-refractivity contribution in [2.24, 2.45) is 0 Å². The molecule has 2 amide bonds. The summed E-state index contributed by atoms with van der Waals surface area (Å²) in [4.78, 5) is 27.9. The van der Waals surface area contributed by atoms with Gasteiger partial charge in [-0.15, -0.1) is 11.8 Å². The number of carbonyl (C=O) groups is 2. The minimum Gasteiger partial charge on any atom is -0.354 e. The number of hydrogen-bond donors (Lipinski definition) is 1. The molecule has 2 rings (SSSR count). The maximum absolute atomic E-state index is 13.2. The number of hydrogen-bond acceptors (Lipinski definition) is 3. The summed E-state index contributed by atoms with van der Waals surface area (Å²) < 4.78 is 0. The van der Waals surface area contributed by atoms with Crippen molar-refractivity contribution in [2.45, 2.75) is 65.3 Å². The van der Waals surface area contributed by atoms with Gasteiger partial charge in [-0.3, -0.25) is 9.59 Å². The first kappa shape index (κ1) is 25.0. The number of amides is 2. The van der Waals surface area contributed by atoms with Gasteiger partial charge in [0.2, 0.25) is 11.8 Å². The Hall–Kier alpha value is -2.27. The lowest BCUT2D eigenvalue weighted by atomic mass is 10.1. The number of benzene rings is 2. The summed E-state index contributed by atoms with van der Waals surface area (Å²) in [6.07, 6.45) is 2.57. The Bertz CT molecular complexity index is 836. The molecule has 1 N–H and O–H groups in total. The van der Waals surface area contributed by atoms with Crippen LogP contribution in [0.2, 0.25) is 0 Å². The minimum atomic E-state index is -0.454. The molecule has 0 radical (unpaired) electrons. The molecule has 0 saturated carbocycles. The Kier molecular flexibility index (Phi) is 10.6. The van der Waals surface area contributed by atoms with Crippen molar-refractivity contribution >= 4 is 23.6 Å². The van der Waals surface area contributed by atoms with E-state index < -0.39 is 6.04 Å². The summed E-state index contributed by atoms with van der Waals surface area (Å²) in [7, 11) is 0. The van der Waals surface area contributed by atoms with Crippen molar-refractivity contribution in [1.82, 2.24) is 10.2 Å². The molecule has 0 aliphatic heterocycles. The molecule has 31 heavy (non-hydrogen) atoms. The smallest absolute Gasteiger partial charge is 0.242 e. The summed E-state index contributed by atoms with van der Waals surface area (Å²) in [6.45, 7) is 9.29. The van der Waals surface area contributed by atoms with Gasteiger partial charge >= 0.3 is 0 Å². The van der Waals surface area contributed by atoms with E-state index in [2.05, 4.69) is 49.5 Å². The van der Waals surface area contributed by atoms with Crippen LogP contribution < -0.4 is 5.32 Å². The third-order valence-electron chi connectivity index (χ3n) is 5.27. The topological polar surface area (TPSA) is 49.4 Å². The van der Waals surface area contributed by atoms with E-state index in [-0.39, 0.29) is 11.8 Å². The monoisotopic (exact) mass is 440 g/mol. The second-order valence-electron chi connectivity index (χ2n) is 8.06. The first-order valence-electron chi connectivity index (χ1n) is 11.2. The molecule has 0 bridgehead atoms. The van der Waals surface area contributed by atoms with Crippen LogP contribution in [0.1, 0.15) is 55.4 Å². The number of rotatable bonds is 12. The van der Waals surface area contributed by atoms with E-state index in [0.717, 1.165) is 29.7 Å². The molecule has 0 aliphatic carbocycles. The van der Waals surface area contributed by atoms with Crippen molar-refractivity contribution < 1.29 is 9.59 Å². The number of unbranched alkanes of at least 4 members (excludes halogenated alkanes) is 1. The van der Waals surface area contributed by atoms with Gasteiger partial charge in [0.1, 0.15) is 6.04 Å². The normalized spacial score (nSPS) is 11.7. The highest BCUT2D eigenvalue weighted by molar-refractivity contribution is 7.99. The second-order valence-corrected chi connectivity index (χ2v) is 9.04. The van der Waals surface area contributed by atoms with Crippen LogP contribution in [0.15, 0.2) is 48.5 Å². The van der Waals surface area contributed by atoms with E-state index in [9.17, 15) is 9.59 Å². The van der Waals surface area contributed by atoms with Gasteiger partial charge in [0.25, 0.3) is 0 Å². The van der Waals surface area contributed by atoms with Crippen molar-refractivity contribution in [2.75, 3.05) is 12.3 Å². The molecule has 1 atom stereocenters. The molecule has 0 saturated heterocycles. The summed E-state index contributed by atoms with van der Waals surface area (Å²) in [5, 5.41) is 3.01. The predicted octanol–water partition coefficient (Wildman–Crippen LogP) is 5.26. The Morgan fingerprint density at radius 2 is 1.74 bits per heavy atom. The lowest BCUT2D eigenvalue weighted by Gasteiger charge is -2.30. The van der Waals surface area contributed by atoms with Gasteiger partial charge in [0.05, 0.1) is 5.75 Å². The number of thioether (sulfide) groups is 1. The Labute approximate surface area is 191 Å². The van der Waals surface area contributed by atoms with E-state index in [1.807, 2.05) is 32.0 Å². The van der Waals surface area contributed by atoms with Crippen LogP contribution in [0.5, 0.6) is 0 Å². The highest BCUT2D eigenvalue weighted by atomic mass is 32.2. The average molecular weight is 441 g/mol. The van der Waals surface area contributed by atoms with Gasteiger partial charge in [-0.25, -0.2) is 0 Å². The quantitative estimate of drug-likeness (QED) is 0.458. The van der Waals surface area contributed by atoms with E-state index in [4.69, 9.17) is 0 Å². The molecule has 5 heteroatoms. The second kappa shape index (κ2) is 13.2. The molecule has 2 aromatic rings. The largest absolute Gasteiger partial charge is 0.354 e. The summed E-state index contributed by atoms with van der Waals surface area (Å²) in [5.41, 5.74) is 4.64. The van der Waals surface area contributed by atoms with Crippen LogP contribution >= 0.6 is 11.8 Å². The van der Waals surface area contributed by atoms with E-state index >= 15 is 0 Å². The molecular formula is C26H36N2O2S. The van der Waals surface area contributed by atoms with Gasteiger partial charge in [0, 0.05) is 18.8 Å². The predicted molar refractivity (Wildman–Crippen MR) is 131 cm³/mol. The molecule has 4 nitrogen and oxygen atoms in total. The van der Waals surface area contributed by atoms with Gasteiger partial charge in [0.15, 0.2) is 0 Å². The maximum Gasteiger partial charge on any atom is 0.242 e. The first-order valence-corrected chi connectivity index (χ1v) is 12.4. The molecule has 0 heterocycles. The van der Waals surface area contributed by atoms with Gasteiger partial charge < -0.3 is 10.2 Å². The van der Waals surface area contributed by atoms with Crippen molar-refractivity contribution in [3.8, 4) is 0 Å². The molecule has 0 aromatic heterocycles. The van der Waals surface area contributed by atoms with Crippen molar-refractivity contribution in [1.29, 1.82) is 0 Å². The molecule has 0 spiro atoms. The van der Waals surface area contributed by atoms with Gasteiger partial charge in [-0.1, -0.05) is 79.9 Å². The van der Waals surface area contributed by atoms with Crippen LogP contribution in [0, 0.1) is 13.8 Å². The fourth-order valence-corrected chi connectivity index (χ4v) is 4.33. The maximum atomic E-state index is 13.2. The number of nitrogens with one attached hydrogen (secondary N) is 1. The fraction of sp³-hybridized carbons (Fsp3) is 0.462. The minimum absolute atomic E-state index is 0.0103. The van der Waals surface area contributed by atoms with E-state index in [1.54, 1.807) is 16.7 Å². The Balaban J connectivity index is 2.09. The van der Waals surface area contributed by atoms with Gasteiger partial charge in [-0.05, 0) is 37.8 Å². The highest BCUT2D eigenvalue weighted by Crippen LogP contribution is 2.18. The zero-order valence-electron chi connectivity index (χ0n) is 19.3. The lowest BCUT2D eigenvalue weighted by molar-refractivity contribution is -0.139. The third-order valence-corrected chi connectivity index (χ3v) is 6.25. The molecule has 2 aromatic carbocycles. The highest BCUT2D eigenvalue weighted by Gasteiger charge is 2.28. The summed E-state index contributed by atoms with van der Waals surface area (Å²) in [5.74, 6) is 1.10. The van der Waals surface area contributed by atoms with Crippen LogP contribution in [-0.4, -0.2) is 35.1 Å². The van der Waals surface area contributed by atoms with Crippen molar-refractivity contribution in [3.05, 3.63) is 70.8 Å². The lowest BCUT2D eigenvalue weighted by Crippen LogP contribution is -2.49. The Morgan fingerprint density at radius 3 is 2.39 bits per heavy atom. The SMILES string of the molecule is CCCCNC(=O)C(CC)N(Cc1cccc(C)c1)C(=O)CSCc1ccc(C)cc1. The molecular weight excluding hydrogens is 404 g/mol. The van der Waals surface area contributed by atoms with E-state index in [1.165, 1.54) is 11.1 Å². The van der Waals surface area contributed by atoms with Crippen molar-refractivity contribution in [3.63, 3.8) is 0 Å². The number of carbonyl (C=O) groups excluding carboxylic acids is 2. The molecule has 0 aliphatic rings. The summed E-state index contributed by atoms with van der Waals surface area (Å²) in [6, 6.07) is 16.1. The molecule has 0 fully saturated rings. The zero-order valence-corrected chi connectivity index (χ0v) is 20.1. The van der Waals surface area contributed by atoms with Crippen LogP contribution in [-0.2, 0) is 21.9 Å². The average Bonchev–Trinajstić information content (AvgIpc) is 2.75. The third kappa shape index (κ3) is 8.41. The van der Waals surface area contributed by atoms with Crippen LogP contribution in [0.4, 0.5) is 0 Å². The molecule has 168 valence electrons. The standard InChI is InChI=1S/C26H36N2O2S/c1-5-7-15-27-26(30)24(6-2)28(17-23-10-8-9-21(4)16-23)25(29)19-31-18-22-13-11-20(3)12-14-22/h8-14,16,24H,5-7,15,17-19H2,1-4H3,(H,27,30). The molecule has 1 unspecified atom stereocenters. The van der Waals surface area contributed by atoms with Gasteiger partial charge in [-0.2, -0.15) is 0 Å². The Morgan fingerprint density at radius 1 is 1.00 bits per heavy atom. The first-order chi connectivity index (χ1) is 14.9. The van der Waals surface area contributed by atoms with Crippen LogP contribution in [0.25, 0.3) is 0 Å². The summed E-state index contributed by atoms with van der Waals surface area (Å²) >= 11 is 1.60. The van der Waals surface area contributed by atoms with Crippen LogP contribution in [0.3, 0.4) is 0 Å². The number of nitrogens with zero attached hydrogens (tertiary/aromatic N) is 1. The zero-order chi connectivity index (χ0) is 22.6.